The van der Waals surface area contributed by atoms with Crippen LogP contribution in [-0.4, -0.2) is 21.0 Å². The summed E-state index contributed by atoms with van der Waals surface area (Å²) in [5.74, 6) is 0. The van der Waals surface area contributed by atoms with E-state index in [4.69, 9.17) is 10.2 Å². The highest BCUT2D eigenvalue weighted by atomic mass is 15.5. The number of aryl methyl sites for hydroxylation is 1. The number of hydrogen-bond donors (Lipinski definition) is 1. The molecule has 1 aliphatic carbocycles. The lowest BCUT2D eigenvalue weighted by Gasteiger charge is -2.15. The molecule has 0 saturated heterocycles. The number of nitrogens with one attached hydrogen (secondary N) is 1. The summed E-state index contributed by atoms with van der Waals surface area (Å²) in [6.45, 7) is 3.63. The zero-order chi connectivity index (χ0) is 19.2. The molecule has 1 aliphatic rings. The van der Waals surface area contributed by atoms with Crippen LogP contribution in [0.4, 0.5) is 0 Å². The molecule has 2 aromatic carbocycles. The predicted molar refractivity (Wildman–Crippen MR) is 114 cm³/mol. The van der Waals surface area contributed by atoms with E-state index in [1.165, 1.54) is 49.7 Å². The van der Waals surface area contributed by atoms with Crippen molar-refractivity contribution in [2.24, 2.45) is 0 Å². The van der Waals surface area contributed by atoms with Crippen LogP contribution in [0.5, 0.6) is 0 Å². The van der Waals surface area contributed by atoms with Gasteiger partial charge in [0, 0.05) is 18.2 Å². The fourth-order valence-electron chi connectivity index (χ4n) is 4.06. The Bertz CT molecular complexity index is 877. The minimum Gasteiger partial charge on any atom is -0.308 e. The fraction of sp³-hybridized carbons (Fsp3) is 0.417. The molecule has 0 atom stereocenters. The van der Waals surface area contributed by atoms with Crippen LogP contribution < -0.4 is 5.32 Å². The monoisotopic (exact) mass is 374 g/mol. The van der Waals surface area contributed by atoms with Crippen molar-refractivity contribution in [3.8, 4) is 11.3 Å². The highest BCUT2D eigenvalue weighted by Crippen LogP contribution is 2.22. The van der Waals surface area contributed by atoms with E-state index in [0.717, 1.165) is 23.5 Å². The van der Waals surface area contributed by atoms with Crippen molar-refractivity contribution in [3.63, 3.8) is 0 Å². The Morgan fingerprint density at radius 2 is 1.61 bits per heavy atom. The lowest BCUT2D eigenvalue weighted by molar-refractivity contribution is 0.453. The molecule has 4 rings (SSSR count). The molecule has 28 heavy (non-hydrogen) atoms. The van der Waals surface area contributed by atoms with Gasteiger partial charge in [0.15, 0.2) is 0 Å². The Balaban J connectivity index is 1.56. The highest BCUT2D eigenvalue weighted by molar-refractivity contribution is 5.60. The third kappa shape index (κ3) is 4.68. The summed E-state index contributed by atoms with van der Waals surface area (Å²) in [4.78, 5) is 1.86. The summed E-state index contributed by atoms with van der Waals surface area (Å²) >= 11 is 0. The molecular formula is C24H30N4. The van der Waals surface area contributed by atoms with E-state index in [0.29, 0.717) is 12.6 Å². The molecular weight excluding hydrogens is 344 g/mol. The lowest BCUT2D eigenvalue weighted by atomic mass is 10.1. The number of benzene rings is 2. The van der Waals surface area contributed by atoms with Gasteiger partial charge < -0.3 is 5.32 Å². The van der Waals surface area contributed by atoms with E-state index in [1.54, 1.807) is 0 Å². The summed E-state index contributed by atoms with van der Waals surface area (Å²) in [6, 6.07) is 19.5. The Labute approximate surface area is 168 Å². The molecule has 1 N–H and O–H groups in total. The van der Waals surface area contributed by atoms with Crippen molar-refractivity contribution in [1.82, 2.24) is 20.3 Å². The molecule has 1 aromatic heterocycles. The number of rotatable bonds is 6. The second-order valence-electron chi connectivity index (χ2n) is 7.89. The third-order valence-electron chi connectivity index (χ3n) is 5.76. The van der Waals surface area contributed by atoms with E-state index < -0.39 is 0 Å². The van der Waals surface area contributed by atoms with Gasteiger partial charge in [-0.1, -0.05) is 80.3 Å². The SMILES string of the molecule is Cc1ccccc1Cn1nc(CNC2CCCCCC2)c(-c2ccccc2)n1. The van der Waals surface area contributed by atoms with Gasteiger partial charge in [0.2, 0.25) is 0 Å². The fourth-order valence-corrected chi connectivity index (χ4v) is 4.06. The van der Waals surface area contributed by atoms with E-state index in [1.807, 2.05) is 10.9 Å². The molecule has 0 aliphatic heterocycles. The van der Waals surface area contributed by atoms with Crippen LogP contribution in [0.1, 0.15) is 55.3 Å². The van der Waals surface area contributed by atoms with Gasteiger partial charge in [-0.25, -0.2) is 0 Å². The largest absolute Gasteiger partial charge is 0.308 e. The first-order chi connectivity index (χ1) is 13.8. The summed E-state index contributed by atoms with van der Waals surface area (Å²) in [5.41, 5.74) is 5.72. The molecule has 0 amide bonds. The Hall–Kier alpha value is -2.46. The molecule has 1 saturated carbocycles. The van der Waals surface area contributed by atoms with Gasteiger partial charge in [-0.2, -0.15) is 15.0 Å². The maximum Gasteiger partial charge on any atom is 0.117 e. The molecule has 4 nitrogen and oxygen atoms in total. The quantitative estimate of drug-likeness (QED) is 0.609. The van der Waals surface area contributed by atoms with Crippen LogP contribution in [0.15, 0.2) is 54.6 Å². The zero-order valence-corrected chi connectivity index (χ0v) is 16.8. The summed E-state index contributed by atoms with van der Waals surface area (Å²) in [7, 11) is 0. The van der Waals surface area contributed by atoms with Crippen molar-refractivity contribution >= 4 is 0 Å². The van der Waals surface area contributed by atoms with Crippen LogP contribution in [-0.2, 0) is 13.1 Å². The van der Waals surface area contributed by atoms with E-state index in [-0.39, 0.29) is 0 Å². The van der Waals surface area contributed by atoms with Gasteiger partial charge in [0.25, 0.3) is 0 Å². The van der Waals surface area contributed by atoms with Gasteiger partial charge in [-0.15, -0.1) is 0 Å². The van der Waals surface area contributed by atoms with Crippen LogP contribution in [0, 0.1) is 6.92 Å². The second kappa shape index (κ2) is 9.16. The number of nitrogens with zero attached hydrogens (tertiary/aromatic N) is 3. The maximum absolute atomic E-state index is 4.87. The van der Waals surface area contributed by atoms with Gasteiger partial charge in [0.1, 0.15) is 11.4 Å². The minimum absolute atomic E-state index is 0.604. The van der Waals surface area contributed by atoms with Crippen molar-refractivity contribution in [1.29, 1.82) is 0 Å². The zero-order valence-electron chi connectivity index (χ0n) is 16.8. The first-order valence-electron chi connectivity index (χ1n) is 10.6. The third-order valence-corrected chi connectivity index (χ3v) is 5.76. The lowest BCUT2D eigenvalue weighted by Crippen LogP contribution is -2.28. The molecule has 3 aromatic rings. The van der Waals surface area contributed by atoms with Gasteiger partial charge in [0.05, 0.1) is 6.54 Å². The average Bonchev–Trinajstić information content (AvgIpc) is 2.94. The second-order valence-corrected chi connectivity index (χ2v) is 7.89. The molecule has 0 spiro atoms. The molecule has 1 heterocycles. The van der Waals surface area contributed by atoms with Crippen LogP contribution in [0.25, 0.3) is 11.3 Å². The maximum atomic E-state index is 4.87. The topological polar surface area (TPSA) is 42.7 Å². The standard InChI is InChI=1S/C24H30N4/c1-19-11-9-10-14-21(19)18-28-26-23(17-25-22-15-7-2-3-8-16-22)24(27-28)20-12-5-4-6-13-20/h4-6,9-14,22,25H,2-3,7-8,15-18H2,1H3. The molecule has 4 heteroatoms. The summed E-state index contributed by atoms with van der Waals surface area (Å²) in [5, 5.41) is 13.5. The minimum atomic E-state index is 0.604. The molecule has 0 bridgehead atoms. The normalized spacial score (nSPS) is 15.5. The van der Waals surface area contributed by atoms with Gasteiger partial charge in [-0.05, 0) is 30.9 Å². The Morgan fingerprint density at radius 3 is 2.36 bits per heavy atom. The summed E-state index contributed by atoms with van der Waals surface area (Å²) in [6.07, 6.45) is 7.97. The molecule has 0 radical (unpaired) electrons. The Morgan fingerprint density at radius 1 is 0.893 bits per heavy atom. The predicted octanol–water partition coefficient (Wildman–Crippen LogP) is 5.11. The van der Waals surface area contributed by atoms with Crippen molar-refractivity contribution in [2.45, 2.75) is 64.6 Å². The Kier molecular flexibility index (Phi) is 6.17. The number of aromatic nitrogens is 3. The first kappa shape index (κ1) is 18.9. The van der Waals surface area contributed by atoms with Gasteiger partial charge >= 0.3 is 0 Å². The smallest absolute Gasteiger partial charge is 0.117 e. The van der Waals surface area contributed by atoms with Crippen LogP contribution >= 0.6 is 0 Å². The van der Waals surface area contributed by atoms with E-state index in [2.05, 4.69) is 60.8 Å². The summed E-state index contributed by atoms with van der Waals surface area (Å²) < 4.78 is 0. The first-order valence-corrected chi connectivity index (χ1v) is 10.6. The molecule has 1 fully saturated rings. The van der Waals surface area contributed by atoms with E-state index in [9.17, 15) is 0 Å². The van der Waals surface area contributed by atoms with Gasteiger partial charge in [-0.3, -0.25) is 0 Å². The van der Waals surface area contributed by atoms with Crippen molar-refractivity contribution < 1.29 is 0 Å². The molecule has 146 valence electrons. The van der Waals surface area contributed by atoms with Crippen molar-refractivity contribution in [3.05, 3.63) is 71.4 Å². The van der Waals surface area contributed by atoms with Crippen molar-refractivity contribution in [2.75, 3.05) is 0 Å². The molecule has 0 unspecified atom stereocenters. The highest BCUT2D eigenvalue weighted by Gasteiger charge is 2.17. The average molecular weight is 375 g/mol. The van der Waals surface area contributed by atoms with Crippen LogP contribution in [0.2, 0.25) is 0 Å². The van der Waals surface area contributed by atoms with Crippen LogP contribution in [0.3, 0.4) is 0 Å². The number of hydrogen-bond acceptors (Lipinski definition) is 3. The van der Waals surface area contributed by atoms with E-state index >= 15 is 0 Å².